The van der Waals surface area contributed by atoms with E-state index in [9.17, 15) is 9.18 Å². The molecule has 1 spiro atoms. The first kappa shape index (κ1) is 18.4. The average molecular weight is 406 g/mol. The predicted molar refractivity (Wildman–Crippen MR) is 105 cm³/mol. The van der Waals surface area contributed by atoms with Crippen LogP contribution in [0.2, 0.25) is 10.0 Å². The number of hydrogen-bond acceptors (Lipinski definition) is 3. The first-order valence-electron chi connectivity index (χ1n) is 8.79. The van der Waals surface area contributed by atoms with Gasteiger partial charge in [0.15, 0.2) is 0 Å². The van der Waals surface area contributed by atoms with Gasteiger partial charge < -0.3 is 5.32 Å². The number of carbonyl (C=O) groups excluding carboxylic acids is 1. The summed E-state index contributed by atoms with van der Waals surface area (Å²) in [6, 6.07) is 11.9. The zero-order chi connectivity index (χ0) is 19.0. The molecule has 0 radical (unpaired) electrons. The molecular weight excluding hydrogens is 388 g/mol. The maximum Gasteiger partial charge on any atom is 0.272 e. The van der Waals surface area contributed by atoms with Gasteiger partial charge in [-0.15, -0.1) is 0 Å². The van der Waals surface area contributed by atoms with Crippen LogP contribution in [0, 0.1) is 5.82 Å². The van der Waals surface area contributed by atoms with Crippen LogP contribution in [0.5, 0.6) is 0 Å². The van der Waals surface area contributed by atoms with Crippen molar-refractivity contribution in [3.63, 3.8) is 0 Å². The number of benzene rings is 2. The number of nitrogens with one attached hydrogen (secondary N) is 1. The average Bonchev–Trinajstić information content (AvgIpc) is 2.96. The van der Waals surface area contributed by atoms with E-state index in [1.807, 2.05) is 6.07 Å². The SMILES string of the molecule is O=C1NC2(CCN(Cc3c(F)cccc3Cl)CC2)N=C1c1cccc(Cl)c1. The summed E-state index contributed by atoms with van der Waals surface area (Å²) in [5.41, 5.74) is 1.05. The van der Waals surface area contributed by atoms with Gasteiger partial charge in [-0.1, -0.05) is 41.4 Å². The molecule has 2 aromatic carbocycles. The van der Waals surface area contributed by atoms with E-state index in [-0.39, 0.29) is 11.7 Å². The van der Waals surface area contributed by atoms with Crippen LogP contribution in [0.1, 0.15) is 24.0 Å². The minimum absolute atomic E-state index is 0.178. The highest BCUT2D eigenvalue weighted by molar-refractivity contribution is 6.47. The Labute approximate surface area is 167 Å². The van der Waals surface area contributed by atoms with Gasteiger partial charge in [-0.25, -0.2) is 4.39 Å². The highest BCUT2D eigenvalue weighted by Crippen LogP contribution is 2.31. The lowest BCUT2D eigenvalue weighted by molar-refractivity contribution is -0.115. The van der Waals surface area contributed by atoms with Crippen molar-refractivity contribution in [2.45, 2.75) is 25.0 Å². The highest BCUT2D eigenvalue weighted by Gasteiger charge is 2.42. The van der Waals surface area contributed by atoms with E-state index in [0.29, 0.717) is 53.8 Å². The molecule has 0 atom stereocenters. The molecule has 1 N–H and O–H groups in total. The minimum Gasteiger partial charge on any atom is -0.326 e. The molecule has 1 fully saturated rings. The quantitative estimate of drug-likeness (QED) is 0.836. The van der Waals surface area contributed by atoms with Crippen molar-refractivity contribution >= 4 is 34.8 Å². The second-order valence-electron chi connectivity index (χ2n) is 6.93. The molecule has 0 saturated carbocycles. The fourth-order valence-corrected chi connectivity index (χ4v) is 4.03. The fourth-order valence-electron chi connectivity index (χ4n) is 3.62. The van der Waals surface area contributed by atoms with Crippen LogP contribution in [-0.2, 0) is 11.3 Å². The van der Waals surface area contributed by atoms with Crippen LogP contribution >= 0.6 is 23.2 Å². The zero-order valence-electron chi connectivity index (χ0n) is 14.5. The van der Waals surface area contributed by atoms with E-state index in [2.05, 4.69) is 10.2 Å². The summed E-state index contributed by atoms with van der Waals surface area (Å²) in [6.45, 7) is 1.83. The van der Waals surface area contributed by atoms with Crippen LogP contribution in [0.4, 0.5) is 4.39 Å². The number of piperidine rings is 1. The first-order chi connectivity index (χ1) is 13.0. The Bertz CT molecular complexity index is 903. The Hall–Kier alpha value is -1.95. The largest absolute Gasteiger partial charge is 0.326 e. The molecule has 2 heterocycles. The van der Waals surface area contributed by atoms with Crippen LogP contribution in [0.15, 0.2) is 47.5 Å². The van der Waals surface area contributed by atoms with E-state index < -0.39 is 5.66 Å². The summed E-state index contributed by atoms with van der Waals surface area (Å²) in [5, 5.41) is 4.04. The molecule has 1 saturated heterocycles. The van der Waals surface area contributed by atoms with Gasteiger partial charge in [-0.3, -0.25) is 14.7 Å². The fraction of sp³-hybridized carbons (Fsp3) is 0.300. The molecule has 7 heteroatoms. The number of carbonyl (C=O) groups is 1. The summed E-state index contributed by atoms with van der Waals surface area (Å²) >= 11 is 12.2. The number of nitrogens with zero attached hydrogens (tertiary/aromatic N) is 2. The van der Waals surface area contributed by atoms with Gasteiger partial charge in [-0.2, -0.15) is 0 Å². The van der Waals surface area contributed by atoms with Crippen molar-refractivity contribution in [3.8, 4) is 0 Å². The smallest absolute Gasteiger partial charge is 0.272 e. The lowest BCUT2D eigenvalue weighted by atomic mass is 9.97. The Morgan fingerprint density at radius 3 is 2.59 bits per heavy atom. The standard InChI is InChI=1S/C20H18Cl2FN3O/c21-14-4-1-3-13(11-14)18-19(27)25-20(24-18)7-9-26(10-8-20)12-15-16(22)5-2-6-17(15)23/h1-6,11H,7-10,12H2,(H,25,27). The summed E-state index contributed by atoms with van der Waals surface area (Å²) in [6.07, 6.45) is 1.32. The first-order valence-corrected chi connectivity index (χ1v) is 9.55. The van der Waals surface area contributed by atoms with Gasteiger partial charge in [-0.05, 0) is 24.3 Å². The van der Waals surface area contributed by atoms with E-state index in [0.717, 1.165) is 5.56 Å². The summed E-state index contributed by atoms with van der Waals surface area (Å²) in [7, 11) is 0. The minimum atomic E-state index is -0.593. The zero-order valence-corrected chi connectivity index (χ0v) is 16.0. The van der Waals surface area contributed by atoms with E-state index in [1.165, 1.54) is 6.07 Å². The van der Waals surface area contributed by atoms with Crippen molar-refractivity contribution in [1.29, 1.82) is 0 Å². The highest BCUT2D eigenvalue weighted by atomic mass is 35.5. The number of halogens is 3. The second-order valence-corrected chi connectivity index (χ2v) is 7.78. The third-order valence-electron chi connectivity index (χ3n) is 5.11. The van der Waals surface area contributed by atoms with E-state index >= 15 is 0 Å². The van der Waals surface area contributed by atoms with Gasteiger partial charge in [0.05, 0.1) is 0 Å². The van der Waals surface area contributed by atoms with Crippen molar-refractivity contribution in [2.24, 2.45) is 4.99 Å². The summed E-state index contributed by atoms with van der Waals surface area (Å²) in [4.78, 5) is 19.3. The Balaban J connectivity index is 1.48. The van der Waals surface area contributed by atoms with Crippen molar-refractivity contribution < 1.29 is 9.18 Å². The number of likely N-dealkylation sites (tertiary alicyclic amines) is 1. The third kappa shape index (κ3) is 3.72. The number of rotatable bonds is 3. The lowest BCUT2D eigenvalue weighted by Gasteiger charge is -2.37. The second kappa shape index (κ2) is 7.23. The monoisotopic (exact) mass is 405 g/mol. The molecule has 27 heavy (non-hydrogen) atoms. The third-order valence-corrected chi connectivity index (χ3v) is 5.70. The van der Waals surface area contributed by atoms with Crippen molar-refractivity contribution in [2.75, 3.05) is 13.1 Å². The molecule has 0 aromatic heterocycles. The maximum atomic E-state index is 14.0. The molecule has 0 unspecified atom stereocenters. The molecule has 2 aromatic rings. The van der Waals surface area contributed by atoms with Crippen LogP contribution in [0.3, 0.4) is 0 Å². The Morgan fingerprint density at radius 1 is 1.15 bits per heavy atom. The molecule has 4 nitrogen and oxygen atoms in total. The van der Waals surface area contributed by atoms with E-state index in [1.54, 1.807) is 30.3 Å². The molecule has 0 aliphatic carbocycles. The van der Waals surface area contributed by atoms with Crippen LogP contribution in [0.25, 0.3) is 0 Å². The van der Waals surface area contributed by atoms with E-state index in [4.69, 9.17) is 28.2 Å². The number of amides is 1. The summed E-state index contributed by atoms with van der Waals surface area (Å²) in [5.74, 6) is -0.471. The van der Waals surface area contributed by atoms with Gasteiger partial charge in [0.25, 0.3) is 5.91 Å². The van der Waals surface area contributed by atoms with Crippen LogP contribution < -0.4 is 5.32 Å². The van der Waals surface area contributed by atoms with Gasteiger partial charge in [0.1, 0.15) is 17.2 Å². The number of aliphatic imine (C=N–C) groups is 1. The molecule has 0 bridgehead atoms. The van der Waals surface area contributed by atoms with Crippen molar-refractivity contribution in [3.05, 3.63) is 69.5 Å². The topological polar surface area (TPSA) is 44.7 Å². The van der Waals surface area contributed by atoms with Crippen LogP contribution in [-0.4, -0.2) is 35.3 Å². The molecule has 2 aliphatic heterocycles. The normalized spacial score (nSPS) is 19.2. The van der Waals surface area contributed by atoms with Gasteiger partial charge in [0, 0.05) is 53.6 Å². The predicted octanol–water partition coefficient (Wildman–Crippen LogP) is 4.04. The maximum absolute atomic E-state index is 14.0. The summed E-state index contributed by atoms with van der Waals surface area (Å²) < 4.78 is 14.0. The van der Waals surface area contributed by atoms with Gasteiger partial charge in [0.2, 0.25) is 0 Å². The Kier molecular flexibility index (Phi) is 4.93. The molecule has 140 valence electrons. The van der Waals surface area contributed by atoms with Gasteiger partial charge >= 0.3 is 0 Å². The molecule has 4 rings (SSSR count). The Morgan fingerprint density at radius 2 is 1.89 bits per heavy atom. The number of hydrogen-bond donors (Lipinski definition) is 1. The van der Waals surface area contributed by atoms with Crippen molar-refractivity contribution in [1.82, 2.24) is 10.2 Å². The molecule has 2 aliphatic rings. The molecule has 1 amide bonds. The lowest BCUT2D eigenvalue weighted by Crippen LogP contribution is -2.50. The molecular formula is C20H18Cl2FN3O.